The Hall–Kier alpha value is -2.64. The Morgan fingerprint density at radius 3 is 2.90 bits per heavy atom. The zero-order valence-electron chi connectivity index (χ0n) is 16.5. The first kappa shape index (κ1) is 19.7. The van der Waals surface area contributed by atoms with E-state index in [1.165, 1.54) is 18.9 Å². The Morgan fingerprint density at radius 2 is 2.07 bits per heavy atom. The van der Waals surface area contributed by atoms with Gasteiger partial charge in [0, 0.05) is 63.5 Å². The van der Waals surface area contributed by atoms with Gasteiger partial charge in [0.15, 0.2) is 11.6 Å². The molecule has 1 atom stereocenters. The average Bonchev–Trinajstić information content (AvgIpc) is 3.35. The highest BCUT2D eigenvalue weighted by atomic mass is 19.2. The van der Waals surface area contributed by atoms with Crippen LogP contribution in [0.2, 0.25) is 0 Å². The van der Waals surface area contributed by atoms with Gasteiger partial charge in [0.25, 0.3) is 0 Å². The minimum absolute atomic E-state index is 0.180. The van der Waals surface area contributed by atoms with Crippen molar-refractivity contribution < 1.29 is 13.6 Å². The molecule has 0 saturated carbocycles. The van der Waals surface area contributed by atoms with Crippen molar-refractivity contribution in [3.05, 3.63) is 47.5 Å². The minimum atomic E-state index is -0.835. The summed E-state index contributed by atoms with van der Waals surface area (Å²) < 4.78 is 28.7. The van der Waals surface area contributed by atoms with Crippen molar-refractivity contribution >= 4 is 11.7 Å². The molecule has 0 radical (unpaired) electrons. The topological polar surface area (TPSA) is 62.2 Å². The van der Waals surface area contributed by atoms with Crippen LogP contribution in [-0.2, 0) is 19.4 Å². The van der Waals surface area contributed by atoms with Crippen LogP contribution in [0.5, 0.6) is 0 Å². The van der Waals surface area contributed by atoms with E-state index < -0.39 is 11.6 Å². The maximum absolute atomic E-state index is 13.4. The molecule has 2 aromatic rings. The van der Waals surface area contributed by atoms with Gasteiger partial charge in [0.1, 0.15) is 5.82 Å². The molecule has 29 heavy (non-hydrogen) atoms. The molecule has 1 aromatic heterocycles. The SMILES string of the molecule is O=C(NCCc1cn2c(n1)CCCC2)NCC1CCN(c2ccc(F)c(F)c2)C1. The molecule has 1 saturated heterocycles. The van der Waals surface area contributed by atoms with Gasteiger partial charge >= 0.3 is 6.03 Å². The van der Waals surface area contributed by atoms with Gasteiger partial charge in [0.2, 0.25) is 0 Å². The van der Waals surface area contributed by atoms with E-state index in [1.807, 2.05) is 4.90 Å². The molecular formula is C21H27F2N5O. The second kappa shape index (κ2) is 8.80. The summed E-state index contributed by atoms with van der Waals surface area (Å²) in [5, 5.41) is 5.80. The Balaban J connectivity index is 1.16. The van der Waals surface area contributed by atoms with E-state index in [2.05, 4.69) is 26.4 Å². The molecule has 6 nitrogen and oxygen atoms in total. The van der Waals surface area contributed by atoms with Gasteiger partial charge in [-0.25, -0.2) is 18.6 Å². The Bertz CT molecular complexity index is 845. The fourth-order valence-corrected chi connectivity index (χ4v) is 4.11. The van der Waals surface area contributed by atoms with Gasteiger partial charge in [-0.1, -0.05) is 0 Å². The van der Waals surface area contributed by atoms with Crippen LogP contribution in [0.15, 0.2) is 24.4 Å². The summed E-state index contributed by atoms with van der Waals surface area (Å²) in [6.45, 7) is 3.63. The third kappa shape index (κ3) is 4.86. The van der Waals surface area contributed by atoms with E-state index in [1.54, 1.807) is 6.07 Å². The molecule has 0 bridgehead atoms. The van der Waals surface area contributed by atoms with Crippen molar-refractivity contribution in [1.82, 2.24) is 20.2 Å². The standard InChI is InChI=1S/C21H27F2N5O/c22-18-5-4-17(11-19(18)23)27-10-7-15(13-27)12-25-21(29)24-8-6-16-14-28-9-2-1-3-20(28)26-16/h4-5,11,14-15H,1-3,6-10,12-13H2,(H2,24,25,29). The summed E-state index contributed by atoms with van der Waals surface area (Å²) in [6.07, 6.45) is 7.17. The number of fused-ring (bicyclic) bond motifs is 1. The number of carbonyl (C=O) groups excluding carboxylic acids is 1. The van der Waals surface area contributed by atoms with Gasteiger partial charge in [0.05, 0.1) is 5.69 Å². The van der Waals surface area contributed by atoms with E-state index in [4.69, 9.17) is 0 Å². The number of aromatic nitrogens is 2. The van der Waals surface area contributed by atoms with E-state index >= 15 is 0 Å². The fourth-order valence-electron chi connectivity index (χ4n) is 4.11. The van der Waals surface area contributed by atoms with Gasteiger partial charge in [-0.2, -0.15) is 0 Å². The van der Waals surface area contributed by atoms with Crippen molar-refractivity contribution in [2.24, 2.45) is 5.92 Å². The Kier molecular flexibility index (Phi) is 5.97. The Morgan fingerprint density at radius 1 is 1.17 bits per heavy atom. The lowest BCUT2D eigenvalue weighted by atomic mass is 10.1. The first-order valence-electron chi connectivity index (χ1n) is 10.3. The van der Waals surface area contributed by atoms with Gasteiger partial charge < -0.3 is 20.1 Å². The molecule has 2 amide bonds. The fraction of sp³-hybridized carbons (Fsp3) is 0.524. The smallest absolute Gasteiger partial charge is 0.314 e. The van der Waals surface area contributed by atoms with Crippen molar-refractivity contribution in [2.45, 2.75) is 38.6 Å². The first-order valence-corrected chi connectivity index (χ1v) is 10.3. The number of benzene rings is 1. The number of anilines is 1. The second-order valence-corrected chi connectivity index (χ2v) is 7.88. The van der Waals surface area contributed by atoms with Crippen LogP contribution in [0.4, 0.5) is 19.3 Å². The van der Waals surface area contributed by atoms with Crippen molar-refractivity contribution in [3.8, 4) is 0 Å². The maximum Gasteiger partial charge on any atom is 0.314 e. The molecule has 4 rings (SSSR count). The van der Waals surface area contributed by atoms with Crippen LogP contribution in [-0.4, -0.2) is 41.8 Å². The number of hydrogen-bond acceptors (Lipinski definition) is 3. The molecule has 0 aliphatic carbocycles. The van der Waals surface area contributed by atoms with E-state index in [0.717, 1.165) is 49.9 Å². The van der Waals surface area contributed by atoms with Crippen LogP contribution in [0, 0.1) is 17.6 Å². The van der Waals surface area contributed by atoms with E-state index in [0.29, 0.717) is 25.3 Å². The number of halogens is 2. The number of hydrogen-bond donors (Lipinski definition) is 2. The average molecular weight is 403 g/mol. The number of urea groups is 1. The minimum Gasteiger partial charge on any atom is -0.371 e. The number of nitrogens with one attached hydrogen (secondary N) is 2. The van der Waals surface area contributed by atoms with Gasteiger partial charge in [-0.05, 0) is 37.3 Å². The van der Waals surface area contributed by atoms with Crippen molar-refractivity contribution in [2.75, 3.05) is 31.1 Å². The number of rotatable bonds is 6. The lowest BCUT2D eigenvalue weighted by molar-refractivity contribution is 0.239. The summed E-state index contributed by atoms with van der Waals surface area (Å²) in [5.74, 6) is -0.225. The van der Waals surface area contributed by atoms with Crippen LogP contribution in [0.3, 0.4) is 0 Å². The van der Waals surface area contributed by atoms with Crippen LogP contribution in [0.1, 0.15) is 30.8 Å². The highest BCUT2D eigenvalue weighted by Crippen LogP contribution is 2.25. The predicted octanol–water partition coefficient (Wildman–Crippen LogP) is 2.87. The first-order chi connectivity index (χ1) is 14.1. The summed E-state index contributed by atoms with van der Waals surface area (Å²) in [6, 6.07) is 3.79. The summed E-state index contributed by atoms with van der Waals surface area (Å²) >= 11 is 0. The zero-order chi connectivity index (χ0) is 20.2. The molecular weight excluding hydrogens is 376 g/mol. The summed E-state index contributed by atoms with van der Waals surface area (Å²) in [4.78, 5) is 18.7. The largest absolute Gasteiger partial charge is 0.371 e. The van der Waals surface area contributed by atoms with Crippen molar-refractivity contribution in [1.29, 1.82) is 0 Å². The van der Waals surface area contributed by atoms with Crippen LogP contribution in [0.25, 0.3) is 0 Å². The third-order valence-corrected chi connectivity index (χ3v) is 5.73. The molecule has 1 unspecified atom stereocenters. The molecule has 156 valence electrons. The predicted molar refractivity (Wildman–Crippen MR) is 107 cm³/mol. The molecule has 1 aromatic carbocycles. The monoisotopic (exact) mass is 403 g/mol. The molecule has 2 aliphatic rings. The Labute approximate surface area is 169 Å². The molecule has 8 heteroatoms. The van der Waals surface area contributed by atoms with Gasteiger partial charge in [-0.15, -0.1) is 0 Å². The van der Waals surface area contributed by atoms with E-state index in [9.17, 15) is 13.6 Å². The maximum atomic E-state index is 13.4. The number of aryl methyl sites for hydroxylation is 2. The lowest BCUT2D eigenvalue weighted by Crippen LogP contribution is -2.39. The van der Waals surface area contributed by atoms with E-state index in [-0.39, 0.29) is 11.9 Å². The molecule has 2 aliphatic heterocycles. The zero-order valence-corrected chi connectivity index (χ0v) is 16.5. The number of imidazole rings is 1. The molecule has 2 N–H and O–H groups in total. The number of amides is 2. The summed E-state index contributed by atoms with van der Waals surface area (Å²) in [7, 11) is 0. The van der Waals surface area contributed by atoms with Crippen LogP contribution < -0.4 is 15.5 Å². The highest BCUT2D eigenvalue weighted by molar-refractivity contribution is 5.73. The number of nitrogens with zero attached hydrogens (tertiary/aromatic N) is 3. The van der Waals surface area contributed by atoms with Gasteiger partial charge in [-0.3, -0.25) is 0 Å². The summed E-state index contributed by atoms with van der Waals surface area (Å²) in [5.41, 5.74) is 1.71. The second-order valence-electron chi connectivity index (χ2n) is 7.88. The quantitative estimate of drug-likeness (QED) is 0.780. The molecule has 0 spiro atoms. The molecule has 1 fully saturated rings. The van der Waals surface area contributed by atoms with Crippen molar-refractivity contribution in [3.63, 3.8) is 0 Å². The third-order valence-electron chi connectivity index (χ3n) is 5.73. The normalized spacial score (nSPS) is 18.6. The molecule has 3 heterocycles. The number of carbonyl (C=O) groups is 1. The highest BCUT2D eigenvalue weighted by Gasteiger charge is 2.23. The van der Waals surface area contributed by atoms with Crippen LogP contribution >= 0.6 is 0 Å². The lowest BCUT2D eigenvalue weighted by Gasteiger charge is -2.19.